The van der Waals surface area contributed by atoms with E-state index < -0.39 is 5.60 Å². The summed E-state index contributed by atoms with van der Waals surface area (Å²) in [7, 11) is 0. The second kappa shape index (κ2) is 4.46. The summed E-state index contributed by atoms with van der Waals surface area (Å²) in [5.74, 6) is 6.58. The lowest BCUT2D eigenvalue weighted by Crippen LogP contribution is -2.56. The number of aryl methyl sites for hydroxylation is 2. The molecule has 4 heteroatoms. The molecule has 9 atom stereocenters. The highest BCUT2D eigenvalue weighted by Gasteiger charge is 2.84. The maximum absolute atomic E-state index is 11.6. The van der Waals surface area contributed by atoms with Crippen molar-refractivity contribution in [3.8, 4) is 0 Å². The molecule has 5 saturated carbocycles. The van der Waals surface area contributed by atoms with Gasteiger partial charge in [0.2, 0.25) is 0 Å². The first-order chi connectivity index (χ1) is 12.6. The lowest BCUT2D eigenvalue weighted by Gasteiger charge is -2.51. The minimum atomic E-state index is -0.575. The predicted octanol–water partition coefficient (Wildman–Crippen LogP) is 2.41. The normalized spacial score (nSPS) is 51.2. The number of rotatable bonds is 3. The molecule has 1 aromatic rings. The van der Waals surface area contributed by atoms with Gasteiger partial charge in [0.15, 0.2) is 5.96 Å². The summed E-state index contributed by atoms with van der Waals surface area (Å²) in [5.41, 5.74) is 9.56. The summed E-state index contributed by atoms with van der Waals surface area (Å²) < 4.78 is 0. The number of hydrogen-bond donors (Lipinski definition) is 3. The molecule has 6 aliphatic carbocycles. The average molecular weight is 349 g/mol. The molecule has 1 aromatic carbocycles. The Balaban J connectivity index is 1.12. The summed E-state index contributed by atoms with van der Waals surface area (Å²) >= 11 is 0. The van der Waals surface area contributed by atoms with E-state index in [1.807, 2.05) is 0 Å². The van der Waals surface area contributed by atoms with Gasteiger partial charge in [-0.15, -0.1) is 0 Å². The lowest BCUT2D eigenvalue weighted by atomic mass is 9.56. The van der Waals surface area contributed by atoms with Crippen LogP contribution in [-0.2, 0) is 12.8 Å². The van der Waals surface area contributed by atoms with Crippen molar-refractivity contribution in [3.05, 3.63) is 29.3 Å². The second-order valence-electron chi connectivity index (χ2n) is 9.99. The zero-order chi connectivity index (χ0) is 17.2. The number of nitrogens with two attached hydrogens (primary N) is 1. The molecular formula is C22H27N3O. The fourth-order valence-electron chi connectivity index (χ4n) is 8.98. The molecule has 4 N–H and O–H groups in total. The smallest absolute Gasteiger partial charge is 0.193 e. The summed E-state index contributed by atoms with van der Waals surface area (Å²) in [6.07, 6.45) is 6.41. The third kappa shape index (κ3) is 1.48. The molecule has 0 saturated heterocycles. The first-order valence-corrected chi connectivity index (χ1v) is 10.6. The van der Waals surface area contributed by atoms with Crippen LogP contribution >= 0.6 is 0 Å². The Bertz CT molecular complexity index is 844. The van der Waals surface area contributed by atoms with E-state index in [0.29, 0.717) is 24.3 Å². The zero-order valence-electron chi connectivity index (χ0n) is 15.1. The van der Waals surface area contributed by atoms with E-state index in [9.17, 15) is 5.11 Å². The maximum Gasteiger partial charge on any atom is 0.193 e. The topological polar surface area (TPSA) is 70.6 Å². The van der Waals surface area contributed by atoms with E-state index in [0.717, 1.165) is 41.2 Å². The van der Waals surface area contributed by atoms with Crippen molar-refractivity contribution < 1.29 is 5.11 Å². The summed E-state index contributed by atoms with van der Waals surface area (Å²) in [6, 6.07) is 6.52. The third-order valence-electron chi connectivity index (χ3n) is 9.39. The van der Waals surface area contributed by atoms with Crippen molar-refractivity contribution in [3.63, 3.8) is 0 Å². The fourth-order valence-corrected chi connectivity index (χ4v) is 8.98. The molecule has 136 valence electrons. The third-order valence-corrected chi connectivity index (χ3v) is 9.39. The van der Waals surface area contributed by atoms with Gasteiger partial charge < -0.3 is 16.2 Å². The van der Waals surface area contributed by atoms with Crippen LogP contribution in [-0.4, -0.2) is 23.2 Å². The van der Waals surface area contributed by atoms with Gasteiger partial charge in [-0.3, -0.25) is 4.99 Å². The Morgan fingerprint density at radius 3 is 2.81 bits per heavy atom. The summed E-state index contributed by atoms with van der Waals surface area (Å²) in [4.78, 5) is 4.64. The van der Waals surface area contributed by atoms with Gasteiger partial charge >= 0.3 is 0 Å². The molecular weight excluding hydrogens is 322 g/mol. The van der Waals surface area contributed by atoms with Crippen molar-refractivity contribution in [1.82, 2.24) is 0 Å². The second-order valence-corrected chi connectivity index (χ2v) is 9.99. The predicted molar refractivity (Wildman–Crippen MR) is 101 cm³/mol. The fraction of sp³-hybridized carbons (Fsp3) is 0.682. The van der Waals surface area contributed by atoms with Crippen LogP contribution in [0.15, 0.2) is 23.2 Å². The average Bonchev–Trinajstić information content (AvgIpc) is 3.28. The van der Waals surface area contributed by atoms with Gasteiger partial charge in [-0.1, -0.05) is 6.07 Å². The highest BCUT2D eigenvalue weighted by atomic mass is 16.3. The molecule has 2 bridgehead atoms. The summed E-state index contributed by atoms with van der Waals surface area (Å²) in [5, 5.41) is 14.9. The van der Waals surface area contributed by atoms with Crippen LogP contribution < -0.4 is 11.1 Å². The highest BCUT2D eigenvalue weighted by Crippen LogP contribution is 2.85. The lowest BCUT2D eigenvalue weighted by molar-refractivity contribution is -0.123. The van der Waals surface area contributed by atoms with Gasteiger partial charge in [-0.05, 0) is 103 Å². The van der Waals surface area contributed by atoms with Gasteiger partial charge in [0.05, 0.1) is 12.1 Å². The van der Waals surface area contributed by atoms with Gasteiger partial charge in [0, 0.05) is 5.69 Å². The van der Waals surface area contributed by atoms with Crippen LogP contribution in [0.3, 0.4) is 0 Å². The van der Waals surface area contributed by atoms with E-state index in [-0.39, 0.29) is 0 Å². The number of anilines is 1. The van der Waals surface area contributed by atoms with Gasteiger partial charge in [-0.2, -0.15) is 0 Å². The number of benzene rings is 1. The molecule has 9 unspecified atom stereocenters. The monoisotopic (exact) mass is 349 g/mol. The Morgan fingerprint density at radius 2 is 1.88 bits per heavy atom. The van der Waals surface area contributed by atoms with Crippen LogP contribution in [0.25, 0.3) is 0 Å². The van der Waals surface area contributed by atoms with E-state index >= 15 is 0 Å². The Hall–Kier alpha value is -1.55. The highest BCUT2D eigenvalue weighted by molar-refractivity contribution is 5.92. The minimum absolute atomic E-state index is 0.453. The number of hydrogen-bond acceptors (Lipinski definition) is 2. The van der Waals surface area contributed by atoms with Crippen LogP contribution in [0.4, 0.5) is 5.69 Å². The van der Waals surface area contributed by atoms with E-state index in [4.69, 9.17) is 5.73 Å². The molecule has 0 heterocycles. The van der Waals surface area contributed by atoms with E-state index in [2.05, 4.69) is 28.5 Å². The maximum atomic E-state index is 11.6. The quantitative estimate of drug-likeness (QED) is 0.580. The number of nitrogens with one attached hydrogen (secondary N) is 1. The van der Waals surface area contributed by atoms with Gasteiger partial charge in [0.1, 0.15) is 0 Å². The molecule has 26 heavy (non-hydrogen) atoms. The minimum Gasteiger partial charge on any atom is -0.387 e. The van der Waals surface area contributed by atoms with Crippen molar-refractivity contribution in [1.29, 1.82) is 0 Å². The van der Waals surface area contributed by atoms with Crippen molar-refractivity contribution in [2.75, 3.05) is 11.9 Å². The van der Waals surface area contributed by atoms with Crippen molar-refractivity contribution in [2.45, 2.75) is 37.7 Å². The first kappa shape index (κ1) is 14.5. The largest absolute Gasteiger partial charge is 0.387 e. The Labute approximate surface area is 154 Å². The molecule has 0 aromatic heterocycles. The van der Waals surface area contributed by atoms with E-state index in [1.54, 1.807) is 0 Å². The molecule has 7 rings (SSSR count). The first-order valence-electron chi connectivity index (χ1n) is 10.6. The molecule has 0 amide bonds. The van der Waals surface area contributed by atoms with Crippen molar-refractivity contribution in [2.24, 2.45) is 58.1 Å². The van der Waals surface area contributed by atoms with E-state index in [1.165, 1.54) is 43.2 Å². The standard InChI is InChI=1S/C22H27N3O/c23-21(25-12-5-4-10-2-1-3-11(10)6-12)24-9-22(26)19-14-8-15-17-13(14)7-16(19)18(17)20(15)22/h4-6,13-20,26H,1-3,7-9H2,(H3,23,24,25). The van der Waals surface area contributed by atoms with Gasteiger partial charge in [-0.25, -0.2) is 0 Å². The number of aliphatic hydroxyl groups is 1. The van der Waals surface area contributed by atoms with Crippen LogP contribution in [0.1, 0.15) is 30.4 Å². The van der Waals surface area contributed by atoms with Crippen LogP contribution in [0, 0.1) is 47.3 Å². The molecule has 4 nitrogen and oxygen atoms in total. The van der Waals surface area contributed by atoms with Crippen LogP contribution in [0.2, 0.25) is 0 Å². The number of guanidine groups is 1. The number of nitrogens with zero attached hydrogens (tertiary/aromatic N) is 1. The Kier molecular flexibility index (Phi) is 2.49. The molecule has 0 aliphatic heterocycles. The molecule has 6 aliphatic rings. The summed E-state index contributed by atoms with van der Waals surface area (Å²) in [6.45, 7) is 0.492. The molecule has 0 radical (unpaired) electrons. The SMILES string of the molecule is NC(=NCC1(O)C2C3CC4C5C3CC2C5C41)Nc1ccc2c(c1)CCC2. The Morgan fingerprint density at radius 1 is 1.08 bits per heavy atom. The molecule has 0 spiro atoms. The number of fused-ring (bicyclic) bond motifs is 3. The van der Waals surface area contributed by atoms with Gasteiger partial charge in [0.25, 0.3) is 0 Å². The van der Waals surface area contributed by atoms with Crippen LogP contribution in [0.5, 0.6) is 0 Å². The molecule has 5 fully saturated rings. The number of aliphatic imine (C=N–C) groups is 1. The van der Waals surface area contributed by atoms with Crippen molar-refractivity contribution >= 4 is 11.6 Å². The zero-order valence-corrected chi connectivity index (χ0v) is 15.1.